The number of para-hydroxylation sites is 1. The number of aromatic nitrogens is 2. The van der Waals surface area contributed by atoms with Crippen LogP contribution >= 0.6 is 0 Å². The van der Waals surface area contributed by atoms with E-state index in [1.807, 2.05) is 12.1 Å². The zero-order valence-corrected chi connectivity index (χ0v) is 14.4. The van der Waals surface area contributed by atoms with Crippen molar-refractivity contribution in [3.8, 4) is 23.4 Å². The van der Waals surface area contributed by atoms with Gasteiger partial charge in [0.05, 0.1) is 20.3 Å². The zero-order chi connectivity index (χ0) is 18.0. The first kappa shape index (κ1) is 16.8. The number of ether oxygens (including phenoxy) is 3. The van der Waals surface area contributed by atoms with Crippen LogP contribution in [0.1, 0.15) is 36.1 Å². The summed E-state index contributed by atoms with van der Waals surface area (Å²) < 4.78 is 16.4. The van der Waals surface area contributed by atoms with Crippen molar-refractivity contribution >= 4 is 5.90 Å². The number of nitrogens with zero attached hydrogens (tertiary/aromatic N) is 2. The van der Waals surface area contributed by atoms with Crippen molar-refractivity contribution in [3.63, 3.8) is 0 Å². The van der Waals surface area contributed by atoms with Crippen LogP contribution in [0.2, 0.25) is 0 Å². The molecule has 2 aromatic rings. The molecule has 2 atom stereocenters. The molecule has 2 N–H and O–H groups in total. The maximum Gasteiger partial charge on any atom is 0.243 e. The molecule has 7 heteroatoms. The average Bonchev–Trinajstić information content (AvgIpc) is 3.02. The highest BCUT2D eigenvalue weighted by atomic mass is 16.5. The molecular formula is C18H20N4O3. The van der Waals surface area contributed by atoms with Crippen molar-refractivity contribution in [2.45, 2.75) is 25.7 Å². The molecular weight excluding hydrogens is 320 g/mol. The van der Waals surface area contributed by atoms with Gasteiger partial charge in [0.15, 0.2) is 11.5 Å². The van der Waals surface area contributed by atoms with Gasteiger partial charge in [0.2, 0.25) is 11.8 Å². The Morgan fingerprint density at radius 3 is 2.80 bits per heavy atom. The normalized spacial score (nSPS) is 18.9. The highest BCUT2D eigenvalue weighted by Crippen LogP contribution is 2.47. The summed E-state index contributed by atoms with van der Waals surface area (Å²) in [6, 6.07) is 7.75. The van der Waals surface area contributed by atoms with E-state index in [0.717, 1.165) is 29.7 Å². The monoisotopic (exact) mass is 340 g/mol. The van der Waals surface area contributed by atoms with E-state index in [0.29, 0.717) is 17.4 Å². The molecule has 1 aromatic carbocycles. The minimum Gasteiger partial charge on any atom is -0.493 e. The molecule has 0 bridgehead atoms. The number of aryl methyl sites for hydroxylation is 1. The quantitative estimate of drug-likeness (QED) is 0.870. The lowest BCUT2D eigenvalue weighted by Crippen LogP contribution is -2.31. The minimum absolute atomic E-state index is 0.112. The van der Waals surface area contributed by atoms with E-state index in [-0.39, 0.29) is 5.90 Å². The smallest absolute Gasteiger partial charge is 0.243 e. The molecule has 25 heavy (non-hydrogen) atoms. The fraction of sp³-hybridized carbons (Fsp3) is 0.389. The van der Waals surface area contributed by atoms with Gasteiger partial charge in [0, 0.05) is 22.7 Å². The fourth-order valence-corrected chi connectivity index (χ4v) is 3.32. The van der Waals surface area contributed by atoms with Crippen LogP contribution < -0.4 is 14.2 Å². The van der Waals surface area contributed by atoms with E-state index in [1.54, 1.807) is 20.3 Å². The second kappa shape index (κ2) is 6.85. The third kappa shape index (κ3) is 2.70. The van der Waals surface area contributed by atoms with Gasteiger partial charge in [-0.2, -0.15) is 5.26 Å². The number of nitriles is 1. The van der Waals surface area contributed by atoms with Gasteiger partial charge < -0.3 is 14.2 Å². The highest BCUT2D eigenvalue weighted by molar-refractivity contribution is 5.85. The zero-order valence-electron chi connectivity index (χ0n) is 14.4. The third-order valence-corrected chi connectivity index (χ3v) is 4.39. The van der Waals surface area contributed by atoms with E-state index in [1.165, 1.54) is 0 Å². The van der Waals surface area contributed by atoms with Crippen LogP contribution in [0.3, 0.4) is 0 Å². The number of methoxy groups -OCH3 is 2. The predicted octanol–water partition coefficient (Wildman–Crippen LogP) is 3.02. The number of fused-ring (bicyclic) bond motifs is 1. The van der Waals surface area contributed by atoms with Gasteiger partial charge in [-0.3, -0.25) is 10.5 Å². The SMILES string of the molecule is CCCc1[nH]nc2c1C(c1cccc(OC)c1OC)C(C#N)C(=N)O2. The lowest BCUT2D eigenvalue weighted by atomic mass is 9.78. The Morgan fingerprint density at radius 2 is 2.16 bits per heavy atom. The van der Waals surface area contributed by atoms with Crippen molar-refractivity contribution in [1.29, 1.82) is 10.7 Å². The van der Waals surface area contributed by atoms with E-state index >= 15 is 0 Å². The molecule has 0 fully saturated rings. The van der Waals surface area contributed by atoms with Crippen LogP contribution in [0, 0.1) is 22.7 Å². The van der Waals surface area contributed by atoms with Gasteiger partial charge in [-0.1, -0.05) is 25.5 Å². The average molecular weight is 340 g/mol. The summed E-state index contributed by atoms with van der Waals surface area (Å²) in [7, 11) is 3.14. The Kier molecular flexibility index (Phi) is 4.61. The molecule has 1 aromatic heterocycles. The van der Waals surface area contributed by atoms with Crippen molar-refractivity contribution in [3.05, 3.63) is 35.0 Å². The van der Waals surface area contributed by atoms with Crippen molar-refractivity contribution in [2.75, 3.05) is 14.2 Å². The minimum atomic E-state index is -0.762. The second-order valence-electron chi connectivity index (χ2n) is 5.80. The Labute approximate surface area is 146 Å². The summed E-state index contributed by atoms with van der Waals surface area (Å²) in [6.45, 7) is 2.07. The van der Waals surface area contributed by atoms with Gasteiger partial charge in [-0.15, -0.1) is 5.10 Å². The molecule has 2 heterocycles. The van der Waals surface area contributed by atoms with Crippen molar-refractivity contribution in [2.24, 2.45) is 5.92 Å². The molecule has 1 aliphatic heterocycles. The van der Waals surface area contributed by atoms with Crippen LogP contribution in [0.15, 0.2) is 18.2 Å². The van der Waals surface area contributed by atoms with Crippen LogP contribution in [0.4, 0.5) is 0 Å². The number of benzene rings is 1. The van der Waals surface area contributed by atoms with E-state index in [4.69, 9.17) is 19.6 Å². The van der Waals surface area contributed by atoms with Crippen molar-refractivity contribution in [1.82, 2.24) is 10.2 Å². The standard InChI is InChI=1S/C18H20N4O3/c1-4-6-12-15-14(10-7-5-8-13(23-2)16(10)24-3)11(9-19)17(20)25-18(15)22-21-12/h5,7-8,11,14,20H,4,6H2,1-3H3,(H,21,22). The molecule has 0 saturated heterocycles. The summed E-state index contributed by atoms with van der Waals surface area (Å²) in [5.74, 6) is 0.207. The van der Waals surface area contributed by atoms with Gasteiger partial charge in [-0.25, -0.2) is 0 Å². The number of H-pyrrole nitrogens is 1. The number of nitrogens with one attached hydrogen (secondary N) is 2. The van der Waals surface area contributed by atoms with Crippen LogP contribution in [-0.2, 0) is 6.42 Å². The van der Waals surface area contributed by atoms with Crippen molar-refractivity contribution < 1.29 is 14.2 Å². The number of aromatic amines is 1. The van der Waals surface area contributed by atoms with Gasteiger partial charge in [0.1, 0.15) is 5.92 Å². The van der Waals surface area contributed by atoms with Gasteiger partial charge in [-0.05, 0) is 12.5 Å². The maximum absolute atomic E-state index is 9.69. The molecule has 0 amide bonds. The number of hydrogen-bond donors (Lipinski definition) is 2. The topological polar surface area (TPSA) is 104 Å². The number of hydrogen-bond acceptors (Lipinski definition) is 6. The molecule has 0 saturated carbocycles. The molecule has 3 rings (SSSR count). The summed E-state index contributed by atoms with van der Waals surface area (Å²) in [5, 5.41) is 25.0. The summed E-state index contributed by atoms with van der Waals surface area (Å²) in [4.78, 5) is 0. The lowest BCUT2D eigenvalue weighted by Gasteiger charge is -2.29. The third-order valence-electron chi connectivity index (χ3n) is 4.39. The second-order valence-corrected chi connectivity index (χ2v) is 5.80. The summed E-state index contributed by atoms with van der Waals surface area (Å²) in [5.41, 5.74) is 2.51. The molecule has 0 aliphatic carbocycles. The first-order valence-electron chi connectivity index (χ1n) is 8.10. The van der Waals surface area contributed by atoms with E-state index in [2.05, 4.69) is 23.2 Å². The predicted molar refractivity (Wildman–Crippen MR) is 91.4 cm³/mol. The molecule has 130 valence electrons. The van der Waals surface area contributed by atoms with E-state index in [9.17, 15) is 5.26 Å². The first-order valence-corrected chi connectivity index (χ1v) is 8.10. The molecule has 0 radical (unpaired) electrons. The fourth-order valence-electron chi connectivity index (χ4n) is 3.32. The molecule has 2 unspecified atom stereocenters. The molecule has 0 spiro atoms. The Morgan fingerprint density at radius 1 is 1.36 bits per heavy atom. The summed E-state index contributed by atoms with van der Waals surface area (Å²) in [6.07, 6.45) is 1.70. The lowest BCUT2D eigenvalue weighted by molar-refractivity contribution is 0.347. The van der Waals surface area contributed by atoms with Gasteiger partial charge >= 0.3 is 0 Å². The highest BCUT2D eigenvalue weighted by Gasteiger charge is 2.42. The maximum atomic E-state index is 9.69. The number of rotatable bonds is 5. The summed E-state index contributed by atoms with van der Waals surface area (Å²) >= 11 is 0. The van der Waals surface area contributed by atoms with Crippen LogP contribution in [0.25, 0.3) is 0 Å². The Bertz CT molecular complexity index is 837. The first-order chi connectivity index (χ1) is 12.2. The van der Waals surface area contributed by atoms with Crippen LogP contribution in [0.5, 0.6) is 17.4 Å². The van der Waals surface area contributed by atoms with Gasteiger partial charge in [0.25, 0.3) is 0 Å². The molecule has 1 aliphatic rings. The van der Waals surface area contributed by atoms with E-state index < -0.39 is 11.8 Å². The molecule has 7 nitrogen and oxygen atoms in total. The van der Waals surface area contributed by atoms with Crippen LogP contribution in [-0.4, -0.2) is 30.3 Å². The Balaban J connectivity index is 2.25. The Hall–Kier alpha value is -3.01. The largest absolute Gasteiger partial charge is 0.493 e.